The summed E-state index contributed by atoms with van der Waals surface area (Å²) in [4.78, 5) is 25.6. The van der Waals surface area contributed by atoms with E-state index in [0.29, 0.717) is 5.71 Å². The highest BCUT2D eigenvalue weighted by Gasteiger charge is 2.39. The molecule has 0 aromatic heterocycles. The van der Waals surface area contributed by atoms with E-state index in [-0.39, 0.29) is 18.4 Å². The summed E-state index contributed by atoms with van der Waals surface area (Å²) in [5.74, 6) is -0.0677. The van der Waals surface area contributed by atoms with E-state index in [2.05, 4.69) is 28.1 Å². The third-order valence-corrected chi connectivity index (χ3v) is 3.93. The summed E-state index contributed by atoms with van der Waals surface area (Å²) in [5, 5.41) is 4.12. The molecule has 6 nitrogen and oxygen atoms in total. The summed E-state index contributed by atoms with van der Waals surface area (Å²) in [7, 11) is 0. The van der Waals surface area contributed by atoms with E-state index < -0.39 is 6.03 Å². The van der Waals surface area contributed by atoms with E-state index in [1.165, 1.54) is 0 Å². The Labute approximate surface area is 145 Å². The molecule has 2 N–H and O–H groups in total. The highest BCUT2D eigenvalue weighted by Crippen LogP contribution is 2.35. The number of thiol groups is 1. The maximum absolute atomic E-state index is 12.6. The summed E-state index contributed by atoms with van der Waals surface area (Å²) < 4.78 is 2.14. The van der Waals surface area contributed by atoms with Crippen LogP contribution in [0, 0.1) is 0 Å². The maximum atomic E-state index is 12.6. The van der Waals surface area contributed by atoms with Crippen LogP contribution in [0.25, 0.3) is 0 Å². The SMILES string of the molecule is O=C(NS)N/N=C1/CC(=O)N(c2ccccc2)C1c1ccccc1. The molecule has 0 saturated carbocycles. The molecule has 1 heterocycles. The number of hydrogen-bond acceptors (Lipinski definition) is 4. The van der Waals surface area contributed by atoms with Gasteiger partial charge in [0.25, 0.3) is 0 Å². The minimum atomic E-state index is -0.553. The summed E-state index contributed by atoms with van der Waals surface area (Å²) in [6, 6.07) is 18.1. The van der Waals surface area contributed by atoms with Crippen LogP contribution in [-0.2, 0) is 4.79 Å². The number of carbonyl (C=O) groups is 2. The molecule has 7 heteroatoms. The standard InChI is InChI=1S/C17H16N4O2S/c22-15-11-14(18-19-17(23)20-24)16(12-7-3-1-4-8-12)21(15)13-9-5-2-6-10-13/h1-10,16,24H,11H2,(H2,19,20,23)/b18-14-. The Morgan fingerprint density at radius 3 is 2.33 bits per heavy atom. The molecule has 3 rings (SSSR count). The second kappa shape index (κ2) is 7.18. The van der Waals surface area contributed by atoms with Crippen molar-refractivity contribution in [3.63, 3.8) is 0 Å². The molecule has 3 amide bonds. The molecule has 0 bridgehead atoms. The molecule has 24 heavy (non-hydrogen) atoms. The van der Waals surface area contributed by atoms with E-state index in [0.717, 1.165) is 11.3 Å². The van der Waals surface area contributed by atoms with E-state index in [1.807, 2.05) is 60.7 Å². The first-order valence-electron chi connectivity index (χ1n) is 7.39. The number of hydrazone groups is 1. The van der Waals surface area contributed by atoms with Gasteiger partial charge in [-0.1, -0.05) is 61.3 Å². The summed E-state index contributed by atoms with van der Waals surface area (Å²) >= 11 is 3.67. The van der Waals surface area contributed by atoms with E-state index in [1.54, 1.807) is 4.90 Å². The first kappa shape index (κ1) is 16.1. The molecule has 0 spiro atoms. The number of amides is 3. The van der Waals surface area contributed by atoms with Crippen LogP contribution in [0.2, 0.25) is 0 Å². The van der Waals surface area contributed by atoms with Crippen LogP contribution in [-0.4, -0.2) is 17.6 Å². The number of nitrogens with zero attached hydrogens (tertiary/aromatic N) is 2. The highest BCUT2D eigenvalue weighted by molar-refractivity contribution is 7.78. The number of nitrogens with one attached hydrogen (secondary N) is 2. The zero-order valence-corrected chi connectivity index (χ0v) is 13.6. The lowest BCUT2D eigenvalue weighted by atomic mass is 10.0. The Hall–Kier alpha value is -2.80. The molecule has 1 unspecified atom stereocenters. The Balaban J connectivity index is 2.02. The fraction of sp³-hybridized carbons (Fsp3) is 0.118. The lowest BCUT2D eigenvalue weighted by molar-refractivity contribution is -0.116. The number of anilines is 1. The Morgan fingerprint density at radius 2 is 1.71 bits per heavy atom. The van der Waals surface area contributed by atoms with Crippen molar-refractivity contribution in [1.82, 2.24) is 10.1 Å². The molecule has 2 aromatic rings. The monoisotopic (exact) mass is 340 g/mol. The third kappa shape index (κ3) is 3.26. The normalized spacial score (nSPS) is 18.7. The van der Waals surface area contributed by atoms with Gasteiger partial charge in [0, 0.05) is 5.69 Å². The van der Waals surface area contributed by atoms with Gasteiger partial charge in [0.15, 0.2) is 0 Å². The Bertz CT molecular complexity index is 765. The highest BCUT2D eigenvalue weighted by atomic mass is 32.1. The molecule has 122 valence electrons. The molecular formula is C17H16N4O2S. The van der Waals surface area contributed by atoms with Crippen LogP contribution in [0.1, 0.15) is 18.0 Å². The zero-order valence-electron chi connectivity index (χ0n) is 12.7. The van der Waals surface area contributed by atoms with Gasteiger partial charge in [0.05, 0.1) is 12.1 Å². The van der Waals surface area contributed by atoms with Crippen LogP contribution in [0.4, 0.5) is 10.5 Å². The quantitative estimate of drug-likeness (QED) is 0.594. The lowest BCUT2D eigenvalue weighted by Gasteiger charge is -2.25. The first-order chi connectivity index (χ1) is 11.7. The summed E-state index contributed by atoms with van der Waals surface area (Å²) in [6.45, 7) is 0. The van der Waals surface area contributed by atoms with Gasteiger partial charge in [-0.2, -0.15) is 5.10 Å². The third-order valence-electron chi connectivity index (χ3n) is 3.73. The average molecular weight is 340 g/mol. The Kier molecular flexibility index (Phi) is 4.81. The van der Waals surface area contributed by atoms with Crippen molar-refractivity contribution in [2.24, 2.45) is 5.10 Å². The van der Waals surface area contributed by atoms with Gasteiger partial charge < -0.3 is 0 Å². The van der Waals surface area contributed by atoms with Crippen LogP contribution >= 0.6 is 12.8 Å². The molecular weight excluding hydrogens is 324 g/mol. The largest absolute Gasteiger partial charge is 0.344 e. The molecule has 1 saturated heterocycles. The fourth-order valence-corrected chi connectivity index (χ4v) is 2.79. The van der Waals surface area contributed by atoms with Gasteiger partial charge in [-0.15, -0.1) is 0 Å². The van der Waals surface area contributed by atoms with Crippen molar-refractivity contribution in [3.05, 3.63) is 66.2 Å². The molecule has 1 aliphatic rings. The molecule has 1 aliphatic heterocycles. The van der Waals surface area contributed by atoms with Gasteiger partial charge >= 0.3 is 6.03 Å². The average Bonchev–Trinajstić information content (AvgIpc) is 2.97. The van der Waals surface area contributed by atoms with Crippen molar-refractivity contribution in [1.29, 1.82) is 0 Å². The number of urea groups is 1. The molecule has 0 aliphatic carbocycles. The van der Waals surface area contributed by atoms with Crippen molar-refractivity contribution < 1.29 is 9.59 Å². The van der Waals surface area contributed by atoms with Crippen LogP contribution < -0.4 is 15.0 Å². The first-order valence-corrected chi connectivity index (χ1v) is 7.84. The fourth-order valence-electron chi connectivity index (χ4n) is 2.74. The second-order valence-corrected chi connectivity index (χ2v) is 5.47. The Morgan fingerprint density at radius 1 is 1.08 bits per heavy atom. The van der Waals surface area contributed by atoms with Crippen LogP contribution in [0.5, 0.6) is 0 Å². The predicted octanol–water partition coefficient (Wildman–Crippen LogP) is 2.66. The number of rotatable bonds is 3. The zero-order chi connectivity index (χ0) is 16.9. The molecule has 1 fully saturated rings. The van der Waals surface area contributed by atoms with Gasteiger partial charge in [0.2, 0.25) is 5.91 Å². The molecule has 2 aromatic carbocycles. The smallest absolute Gasteiger partial charge is 0.299 e. The number of carbonyl (C=O) groups excluding carboxylic acids is 2. The van der Waals surface area contributed by atoms with Crippen LogP contribution in [0.3, 0.4) is 0 Å². The summed E-state index contributed by atoms with van der Waals surface area (Å²) in [6.07, 6.45) is 0.140. The topological polar surface area (TPSA) is 73.8 Å². The number of benzene rings is 2. The number of para-hydroxylation sites is 1. The predicted molar refractivity (Wildman–Crippen MR) is 95.8 cm³/mol. The maximum Gasteiger partial charge on any atom is 0.344 e. The second-order valence-electron chi connectivity index (χ2n) is 5.25. The minimum absolute atomic E-state index is 0.0677. The summed E-state index contributed by atoms with van der Waals surface area (Å²) in [5.41, 5.74) is 4.65. The number of hydrogen-bond donors (Lipinski definition) is 3. The van der Waals surface area contributed by atoms with Gasteiger partial charge in [-0.25, -0.2) is 10.2 Å². The van der Waals surface area contributed by atoms with Crippen molar-refractivity contribution in [3.8, 4) is 0 Å². The van der Waals surface area contributed by atoms with E-state index in [4.69, 9.17) is 0 Å². The van der Waals surface area contributed by atoms with Crippen LogP contribution in [0.15, 0.2) is 65.8 Å². The lowest BCUT2D eigenvalue weighted by Crippen LogP contribution is -2.30. The molecule has 0 radical (unpaired) electrons. The van der Waals surface area contributed by atoms with E-state index in [9.17, 15) is 9.59 Å². The van der Waals surface area contributed by atoms with Crippen molar-refractivity contribution >= 4 is 36.2 Å². The molecule has 1 atom stereocenters. The van der Waals surface area contributed by atoms with Gasteiger partial charge in [0.1, 0.15) is 6.04 Å². The van der Waals surface area contributed by atoms with Gasteiger partial charge in [-0.05, 0) is 17.7 Å². The van der Waals surface area contributed by atoms with Gasteiger partial charge in [-0.3, -0.25) is 14.4 Å². The van der Waals surface area contributed by atoms with Crippen molar-refractivity contribution in [2.45, 2.75) is 12.5 Å². The minimum Gasteiger partial charge on any atom is -0.299 e. The van der Waals surface area contributed by atoms with Crippen molar-refractivity contribution in [2.75, 3.05) is 4.90 Å². The van der Waals surface area contributed by atoms with E-state index >= 15 is 0 Å².